The van der Waals surface area contributed by atoms with Crippen molar-refractivity contribution in [2.45, 2.75) is 12.3 Å². The van der Waals surface area contributed by atoms with Gasteiger partial charge in [0.25, 0.3) is 0 Å². The zero-order valence-electron chi connectivity index (χ0n) is 11.7. The lowest BCUT2D eigenvalue weighted by Gasteiger charge is -2.13. The Kier molecular flexibility index (Phi) is 3.65. The molecule has 4 nitrogen and oxygen atoms in total. The first-order chi connectivity index (χ1) is 10.3. The zero-order valence-corrected chi connectivity index (χ0v) is 11.7. The lowest BCUT2D eigenvalue weighted by Crippen LogP contribution is -2.02. The fourth-order valence-electron chi connectivity index (χ4n) is 2.46. The van der Waals surface area contributed by atoms with E-state index in [1.54, 1.807) is 7.11 Å². The van der Waals surface area contributed by atoms with E-state index in [1.807, 2.05) is 42.5 Å². The standard InChI is InChI=1S/C17H15NO3/c1-19-15-5-3-2-4-13(15)8-14(10-18)12-6-7-16-17(9-12)21-11-20-16/h2-7,9,14H,8,11H2,1H3. The van der Waals surface area contributed by atoms with Gasteiger partial charge in [-0.2, -0.15) is 5.26 Å². The van der Waals surface area contributed by atoms with Crippen molar-refractivity contribution in [3.63, 3.8) is 0 Å². The Morgan fingerprint density at radius 1 is 1.19 bits per heavy atom. The summed E-state index contributed by atoms with van der Waals surface area (Å²) < 4.78 is 16.0. The summed E-state index contributed by atoms with van der Waals surface area (Å²) in [7, 11) is 1.64. The Morgan fingerprint density at radius 3 is 2.81 bits per heavy atom. The first-order valence-electron chi connectivity index (χ1n) is 6.73. The third-order valence-electron chi connectivity index (χ3n) is 3.57. The van der Waals surface area contributed by atoms with E-state index in [2.05, 4.69) is 6.07 Å². The van der Waals surface area contributed by atoms with Gasteiger partial charge in [-0.25, -0.2) is 0 Å². The van der Waals surface area contributed by atoms with Crippen molar-refractivity contribution in [1.29, 1.82) is 5.26 Å². The second kappa shape index (κ2) is 5.76. The molecule has 1 heterocycles. The number of nitriles is 1. The van der Waals surface area contributed by atoms with Crippen molar-refractivity contribution in [2.75, 3.05) is 13.9 Å². The van der Waals surface area contributed by atoms with Crippen LogP contribution in [-0.4, -0.2) is 13.9 Å². The van der Waals surface area contributed by atoms with Crippen LogP contribution in [0.25, 0.3) is 0 Å². The number of fused-ring (bicyclic) bond motifs is 1. The molecule has 0 amide bonds. The predicted octanol–water partition coefficient (Wildman–Crippen LogP) is 3.27. The van der Waals surface area contributed by atoms with Crippen LogP contribution in [0.3, 0.4) is 0 Å². The van der Waals surface area contributed by atoms with E-state index in [1.165, 1.54) is 0 Å². The van der Waals surface area contributed by atoms with Crippen molar-refractivity contribution in [3.8, 4) is 23.3 Å². The molecule has 0 saturated heterocycles. The van der Waals surface area contributed by atoms with Gasteiger partial charge in [0.1, 0.15) is 5.75 Å². The third-order valence-corrected chi connectivity index (χ3v) is 3.57. The molecule has 1 atom stereocenters. The van der Waals surface area contributed by atoms with E-state index in [-0.39, 0.29) is 12.7 Å². The molecule has 1 aliphatic heterocycles. The largest absolute Gasteiger partial charge is 0.496 e. The van der Waals surface area contributed by atoms with Crippen LogP contribution >= 0.6 is 0 Å². The molecule has 1 aliphatic rings. The summed E-state index contributed by atoms with van der Waals surface area (Å²) in [6, 6.07) is 15.8. The lowest BCUT2D eigenvalue weighted by molar-refractivity contribution is 0.174. The van der Waals surface area contributed by atoms with Gasteiger partial charge < -0.3 is 14.2 Å². The summed E-state index contributed by atoms with van der Waals surface area (Å²) >= 11 is 0. The molecule has 3 rings (SSSR count). The summed E-state index contributed by atoms with van der Waals surface area (Å²) in [5.41, 5.74) is 1.94. The Bertz CT molecular complexity index is 691. The number of hydrogen-bond acceptors (Lipinski definition) is 4. The third kappa shape index (κ3) is 2.63. The molecule has 0 fully saturated rings. The number of benzene rings is 2. The van der Waals surface area contributed by atoms with Gasteiger partial charge in [-0.15, -0.1) is 0 Å². The highest BCUT2D eigenvalue weighted by Crippen LogP contribution is 2.35. The van der Waals surface area contributed by atoms with Crippen LogP contribution in [0.1, 0.15) is 17.0 Å². The summed E-state index contributed by atoms with van der Waals surface area (Å²) in [5.74, 6) is 1.98. The lowest BCUT2D eigenvalue weighted by atomic mass is 9.92. The molecule has 0 N–H and O–H groups in total. The van der Waals surface area contributed by atoms with E-state index in [9.17, 15) is 5.26 Å². The van der Waals surface area contributed by atoms with E-state index in [0.717, 1.165) is 22.6 Å². The van der Waals surface area contributed by atoms with E-state index in [4.69, 9.17) is 14.2 Å². The topological polar surface area (TPSA) is 51.5 Å². The average molecular weight is 281 g/mol. The molecule has 106 valence electrons. The minimum atomic E-state index is -0.254. The number of para-hydroxylation sites is 1. The van der Waals surface area contributed by atoms with Gasteiger partial charge in [-0.3, -0.25) is 0 Å². The smallest absolute Gasteiger partial charge is 0.231 e. The Morgan fingerprint density at radius 2 is 2.00 bits per heavy atom. The fourth-order valence-corrected chi connectivity index (χ4v) is 2.46. The second-order valence-electron chi connectivity index (χ2n) is 4.81. The van der Waals surface area contributed by atoms with Crippen LogP contribution in [-0.2, 0) is 6.42 Å². The van der Waals surface area contributed by atoms with Crippen molar-refractivity contribution in [2.24, 2.45) is 0 Å². The highest BCUT2D eigenvalue weighted by Gasteiger charge is 2.19. The fraction of sp³-hybridized carbons (Fsp3) is 0.235. The van der Waals surface area contributed by atoms with E-state index >= 15 is 0 Å². The van der Waals surface area contributed by atoms with Crippen molar-refractivity contribution in [3.05, 3.63) is 53.6 Å². The number of ether oxygens (including phenoxy) is 3. The Balaban J connectivity index is 1.87. The SMILES string of the molecule is COc1ccccc1CC(C#N)c1ccc2c(c1)OCO2. The molecular formula is C17H15NO3. The van der Waals surface area contributed by atoms with E-state index < -0.39 is 0 Å². The van der Waals surface area contributed by atoms with Crippen molar-refractivity contribution in [1.82, 2.24) is 0 Å². The van der Waals surface area contributed by atoms with Gasteiger partial charge in [0.2, 0.25) is 6.79 Å². The summed E-state index contributed by atoms with van der Waals surface area (Å²) in [6.07, 6.45) is 0.597. The molecule has 0 aliphatic carbocycles. The molecule has 0 radical (unpaired) electrons. The van der Waals surface area contributed by atoms with Crippen molar-refractivity contribution >= 4 is 0 Å². The van der Waals surface area contributed by atoms with Gasteiger partial charge in [0.05, 0.1) is 19.1 Å². The summed E-state index contributed by atoms with van der Waals surface area (Å²) in [4.78, 5) is 0. The second-order valence-corrected chi connectivity index (χ2v) is 4.81. The molecule has 0 aromatic heterocycles. The molecule has 21 heavy (non-hydrogen) atoms. The van der Waals surface area contributed by atoms with Gasteiger partial charge in [-0.1, -0.05) is 24.3 Å². The normalized spacial score (nSPS) is 13.5. The predicted molar refractivity (Wildman–Crippen MR) is 77.6 cm³/mol. The first-order valence-corrected chi connectivity index (χ1v) is 6.73. The molecule has 2 aromatic carbocycles. The molecule has 0 bridgehead atoms. The Hall–Kier alpha value is -2.67. The molecular weight excluding hydrogens is 266 g/mol. The summed E-state index contributed by atoms with van der Waals surface area (Å²) in [5, 5.41) is 9.49. The number of methoxy groups -OCH3 is 1. The highest BCUT2D eigenvalue weighted by atomic mass is 16.7. The maximum absolute atomic E-state index is 9.49. The molecule has 0 saturated carbocycles. The molecule has 0 spiro atoms. The molecule has 4 heteroatoms. The van der Waals surface area contributed by atoms with Crippen LogP contribution in [0, 0.1) is 11.3 Å². The number of hydrogen-bond donors (Lipinski definition) is 0. The number of rotatable bonds is 4. The van der Waals surface area contributed by atoms with Crippen LogP contribution in [0.15, 0.2) is 42.5 Å². The monoisotopic (exact) mass is 281 g/mol. The van der Waals surface area contributed by atoms with Gasteiger partial charge >= 0.3 is 0 Å². The van der Waals surface area contributed by atoms with Crippen LogP contribution in [0.5, 0.6) is 17.2 Å². The average Bonchev–Trinajstić information content (AvgIpc) is 3.00. The first kappa shape index (κ1) is 13.3. The van der Waals surface area contributed by atoms with Crippen LogP contribution in [0.4, 0.5) is 0 Å². The van der Waals surface area contributed by atoms with Gasteiger partial charge in [0.15, 0.2) is 11.5 Å². The maximum Gasteiger partial charge on any atom is 0.231 e. The van der Waals surface area contributed by atoms with Gasteiger partial charge in [-0.05, 0) is 35.7 Å². The maximum atomic E-state index is 9.49. The van der Waals surface area contributed by atoms with Crippen LogP contribution < -0.4 is 14.2 Å². The Labute approximate surface area is 123 Å². The molecule has 1 unspecified atom stereocenters. The molecule has 2 aromatic rings. The quantitative estimate of drug-likeness (QED) is 0.863. The van der Waals surface area contributed by atoms with Crippen molar-refractivity contribution < 1.29 is 14.2 Å². The van der Waals surface area contributed by atoms with E-state index in [0.29, 0.717) is 12.2 Å². The number of nitrogens with zero attached hydrogens (tertiary/aromatic N) is 1. The van der Waals surface area contributed by atoms with Crippen LogP contribution in [0.2, 0.25) is 0 Å². The zero-order chi connectivity index (χ0) is 14.7. The van der Waals surface area contributed by atoms with Gasteiger partial charge in [0, 0.05) is 0 Å². The summed E-state index contributed by atoms with van der Waals surface area (Å²) in [6.45, 7) is 0.239. The minimum absolute atomic E-state index is 0.239. The minimum Gasteiger partial charge on any atom is -0.496 e. The highest BCUT2D eigenvalue weighted by molar-refractivity contribution is 5.47.